The molecule has 0 saturated heterocycles. The number of alkyl carbamates (subject to hydrolysis) is 1. The Labute approximate surface area is 196 Å². The fourth-order valence-corrected chi connectivity index (χ4v) is 3.15. The van der Waals surface area contributed by atoms with Crippen LogP contribution in [0.1, 0.15) is 70.5 Å². The molecule has 0 fully saturated rings. The number of unbranched alkanes of at least 4 members (excludes halogenated alkanes) is 1. The minimum absolute atomic E-state index is 0.0180. The van der Waals surface area contributed by atoms with Crippen LogP contribution in [0.2, 0.25) is 0 Å². The lowest BCUT2D eigenvalue weighted by Crippen LogP contribution is -2.52. The standard InChI is InChI=1S/C24H38N4O5/c1-7-8-15-26-21(30)20(17-11-9-16(2)10-12-17)28(6)22(31)18(13-14-19(25)29)27-23(32)33-24(3,4)5/h9-12,18,20H,7-8,13-15H2,1-6H3,(H2,25,29)(H,26,30)(H,27,32). The molecule has 4 amide bonds. The predicted molar refractivity (Wildman–Crippen MR) is 126 cm³/mol. The fourth-order valence-electron chi connectivity index (χ4n) is 3.15. The van der Waals surface area contributed by atoms with Crippen molar-refractivity contribution in [3.05, 3.63) is 35.4 Å². The van der Waals surface area contributed by atoms with Gasteiger partial charge in [0.1, 0.15) is 17.7 Å². The lowest BCUT2D eigenvalue weighted by atomic mass is 10.0. The molecule has 9 nitrogen and oxygen atoms in total. The van der Waals surface area contributed by atoms with Crippen LogP contribution >= 0.6 is 0 Å². The molecule has 0 aliphatic heterocycles. The Hall–Kier alpha value is -3.10. The maximum absolute atomic E-state index is 13.4. The van der Waals surface area contributed by atoms with E-state index in [4.69, 9.17) is 10.5 Å². The van der Waals surface area contributed by atoms with Gasteiger partial charge in [-0.05, 0) is 46.1 Å². The van der Waals surface area contributed by atoms with Gasteiger partial charge in [0.2, 0.25) is 17.7 Å². The maximum atomic E-state index is 13.4. The molecule has 1 rings (SSSR count). The van der Waals surface area contributed by atoms with Gasteiger partial charge in [-0.15, -0.1) is 0 Å². The zero-order valence-electron chi connectivity index (χ0n) is 20.6. The van der Waals surface area contributed by atoms with E-state index in [1.54, 1.807) is 32.9 Å². The maximum Gasteiger partial charge on any atom is 0.408 e. The third kappa shape index (κ3) is 9.93. The van der Waals surface area contributed by atoms with E-state index in [0.29, 0.717) is 12.1 Å². The molecule has 0 heterocycles. The average Bonchev–Trinajstić information content (AvgIpc) is 2.70. The van der Waals surface area contributed by atoms with Crippen LogP contribution in [0.15, 0.2) is 24.3 Å². The largest absolute Gasteiger partial charge is 0.444 e. The zero-order chi connectivity index (χ0) is 25.2. The summed E-state index contributed by atoms with van der Waals surface area (Å²) in [6, 6.07) is 5.32. The van der Waals surface area contributed by atoms with Crippen LogP contribution in [0.5, 0.6) is 0 Å². The van der Waals surface area contributed by atoms with Crippen LogP contribution in [-0.4, -0.2) is 54.0 Å². The molecule has 0 aliphatic rings. The second-order valence-electron chi connectivity index (χ2n) is 9.11. The molecule has 33 heavy (non-hydrogen) atoms. The van der Waals surface area contributed by atoms with Gasteiger partial charge in [0.15, 0.2) is 0 Å². The number of hydrogen-bond acceptors (Lipinski definition) is 5. The summed E-state index contributed by atoms with van der Waals surface area (Å²) in [5.74, 6) is -1.46. The molecule has 0 bridgehead atoms. The van der Waals surface area contributed by atoms with Crippen molar-refractivity contribution in [1.82, 2.24) is 15.5 Å². The summed E-state index contributed by atoms with van der Waals surface area (Å²) in [5, 5.41) is 5.40. The van der Waals surface area contributed by atoms with Crippen LogP contribution in [0.25, 0.3) is 0 Å². The third-order valence-corrected chi connectivity index (χ3v) is 4.87. The van der Waals surface area contributed by atoms with Crippen LogP contribution < -0.4 is 16.4 Å². The highest BCUT2D eigenvalue weighted by atomic mass is 16.6. The first-order chi connectivity index (χ1) is 15.4. The number of hydrogen-bond donors (Lipinski definition) is 3. The quantitative estimate of drug-likeness (QED) is 0.435. The van der Waals surface area contributed by atoms with Gasteiger partial charge in [-0.1, -0.05) is 43.2 Å². The van der Waals surface area contributed by atoms with E-state index in [-0.39, 0.29) is 18.7 Å². The summed E-state index contributed by atoms with van der Waals surface area (Å²) in [4.78, 5) is 51.4. The highest BCUT2D eigenvalue weighted by Gasteiger charge is 2.34. The second kappa shape index (κ2) is 12.8. The van der Waals surface area contributed by atoms with Gasteiger partial charge in [-0.25, -0.2) is 4.79 Å². The molecule has 4 N–H and O–H groups in total. The number of nitrogens with two attached hydrogens (primary N) is 1. The first kappa shape index (κ1) is 27.9. The lowest BCUT2D eigenvalue weighted by molar-refractivity contribution is -0.141. The molecule has 0 saturated carbocycles. The molecular weight excluding hydrogens is 424 g/mol. The normalized spacial score (nSPS) is 12.9. The first-order valence-corrected chi connectivity index (χ1v) is 11.2. The van der Waals surface area contributed by atoms with Gasteiger partial charge in [0, 0.05) is 20.0 Å². The van der Waals surface area contributed by atoms with Gasteiger partial charge in [0.05, 0.1) is 0 Å². The Balaban J connectivity index is 3.18. The summed E-state index contributed by atoms with van der Waals surface area (Å²) in [7, 11) is 1.50. The zero-order valence-corrected chi connectivity index (χ0v) is 20.6. The van der Waals surface area contributed by atoms with Crippen molar-refractivity contribution in [3.63, 3.8) is 0 Å². The SMILES string of the molecule is CCCCNC(=O)C(c1ccc(C)cc1)N(C)C(=O)C(CCC(N)=O)NC(=O)OC(C)(C)C. The van der Waals surface area contributed by atoms with Gasteiger partial charge in [0.25, 0.3) is 0 Å². The smallest absolute Gasteiger partial charge is 0.408 e. The number of amides is 4. The predicted octanol–water partition coefficient (Wildman–Crippen LogP) is 2.57. The van der Waals surface area contributed by atoms with E-state index in [0.717, 1.165) is 18.4 Å². The molecule has 0 aliphatic carbocycles. The van der Waals surface area contributed by atoms with Gasteiger partial charge >= 0.3 is 6.09 Å². The number of nitrogens with one attached hydrogen (secondary N) is 2. The first-order valence-electron chi connectivity index (χ1n) is 11.2. The number of benzene rings is 1. The van der Waals surface area contributed by atoms with Crippen LogP contribution in [0, 0.1) is 6.92 Å². The van der Waals surface area contributed by atoms with Crippen molar-refractivity contribution >= 4 is 23.8 Å². The van der Waals surface area contributed by atoms with Gasteiger partial charge < -0.3 is 26.0 Å². The topological polar surface area (TPSA) is 131 Å². The number of nitrogens with zero attached hydrogens (tertiary/aromatic N) is 1. The monoisotopic (exact) mass is 462 g/mol. The van der Waals surface area contributed by atoms with E-state index in [2.05, 4.69) is 10.6 Å². The van der Waals surface area contributed by atoms with Crippen molar-refractivity contribution in [1.29, 1.82) is 0 Å². The molecule has 9 heteroatoms. The number of aryl methyl sites for hydroxylation is 1. The molecule has 0 aromatic heterocycles. The Kier molecular flexibility index (Phi) is 10.8. The lowest BCUT2D eigenvalue weighted by Gasteiger charge is -2.31. The Bertz CT molecular complexity index is 817. The van der Waals surface area contributed by atoms with E-state index >= 15 is 0 Å². The number of ether oxygens (including phenoxy) is 1. The number of carbonyl (C=O) groups is 4. The molecular formula is C24H38N4O5. The number of rotatable bonds is 11. The number of likely N-dealkylation sites (N-methyl/N-ethyl adjacent to an activating group) is 1. The average molecular weight is 463 g/mol. The van der Waals surface area contributed by atoms with E-state index < -0.39 is 35.6 Å². The summed E-state index contributed by atoms with van der Waals surface area (Å²) in [6.07, 6.45) is 0.802. The summed E-state index contributed by atoms with van der Waals surface area (Å²) in [5.41, 5.74) is 6.14. The number of primary amides is 1. The highest BCUT2D eigenvalue weighted by molar-refractivity contribution is 5.92. The minimum Gasteiger partial charge on any atom is -0.444 e. The van der Waals surface area contributed by atoms with E-state index in [9.17, 15) is 19.2 Å². The molecule has 0 radical (unpaired) electrons. The van der Waals surface area contributed by atoms with Crippen molar-refractivity contribution in [2.24, 2.45) is 5.73 Å². The van der Waals surface area contributed by atoms with Gasteiger partial charge in [-0.3, -0.25) is 14.4 Å². The van der Waals surface area contributed by atoms with Crippen LogP contribution in [-0.2, 0) is 19.1 Å². The highest BCUT2D eigenvalue weighted by Crippen LogP contribution is 2.22. The summed E-state index contributed by atoms with van der Waals surface area (Å²) in [6.45, 7) is 9.54. The summed E-state index contributed by atoms with van der Waals surface area (Å²) < 4.78 is 5.26. The molecule has 0 spiro atoms. The number of carbonyl (C=O) groups excluding carboxylic acids is 4. The van der Waals surface area contributed by atoms with Crippen LogP contribution in [0.3, 0.4) is 0 Å². The van der Waals surface area contributed by atoms with Crippen molar-refractivity contribution in [3.8, 4) is 0 Å². The third-order valence-electron chi connectivity index (χ3n) is 4.87. The van der Waals surface area contributed by atoms with E-state index in [1.807, 2.05) is 26.0 Å². The Morgan fingerprint density at radius 2 is 1.73 bits per heavy atom. The molecule has 1 aromatic carbocycles. The van der Waals surface area contributed by atoms with Crippen molar-refractivity contribution in [2.75, 3.05) is 13.6 Å². The molecule has 2 atom stereocenters. The van der Waals surface area contributed by atoms with Gasteiger partial charge in [-0.2, -0.15) is 0 Å². The second-order valence-corrected chi connectivity index (χ2v) is 9.11. The Morgan fingerprint density at radius 1 is 1.12 bits per heavy atom. The van der Waals surface area contributed by atoms with E-state index in [1.165, 1.54) is 11.9 Å². The Morgan fingerprint density at radius 3 is 2.24 bits per heavy atom. The summed E-state index contributed by atoms with van der Waals surface area (Å²) >= 11 is 0. The fraction of sp³-hybridized carbons (Fsp3) is 0.583. The molecule has 184 valence electrons. The van der Waals surface area contributed by atoms with Crippen molar-refractivity contribution < 1.29 is 23.9 Å². The molecule has 1 aromatic rings. The van der Waals surface area contributed by atoms with Crippen LogP contribution in [0.4, 0.5) is 4.79 Å². The minimum atomic E-state index is -1.09. The van der Waals surface area contributed by atoms with Crippen molar-refractivity contribution in [2.45, 2.75) is 78.0 Å². The molecule has 2 unspecified atom stereocenters.